The van der Waals surface area contributed by atoms with Gasteiger partial charge in [-0.3, -0.25) is 4.79 Å². The van der Waals surface area contributed by atoms with Gasteiger partial charge in [0.1, 0.15) is 0 Å². The number of carbonyl (C=O) groups excluding carboxylic acids is 1. The van der Waals surface area contributed by atoms with Gasteiger partial charge >= 0.3 is 0 Å². The Morgan fingerprint density at radius 3 is 2.67 bits per heavy atom. The predicted molar refractivity (Wildman–Crippen MR) is 76.1 cm³/mol. The molecule has 100 valence electrons. The zero-order valence-corrected chi connectivity index (χ0v) is 11.7. The topological polar surface area (TPSA) is 41.1 Å². The van der Waals surface area contributed by atoms with E-state index in [1.54, 1.807) is 0 Å². The molecule has 2 N–H and O–H groups in total. The fourth-order valence-corrected chi connectivity index (χ4v) is 2.26. The smallest absolute Gasteiger partial charge is 0.223 e. The Labute approximate surface area is 119 Å². The molecule has 1 fully saturated rings. The molecular weight excluding hydrogens is 271 g/mol. The molecule has 5 heteroatoms. The summed E-state index contributed by atoms with van der Waals surface area (Å²) in [4.78, 5) is 11.9. The van der Waals surface area contributed by atoms with E-state index in [0.717, 1.165) is 31.5 Å². The average molecular weight is 289 g/mol. The second-order valence-electron chi connectivity index (χ2n) is 4.33. The second-order valence-corrected chi connectivity index (χ2v) is 4.74. The Balaban J connectivity index is 0.00000162. The highest BCUT2D eigenvalue weighted by molar-refractivity contribution is 6.31. The van der Waals surface area contributed by atoms with Crippen molar-refractivity contribution in [1.29, 1.82) is 0 Å². The Morgan fingerprint density at radius 2 is 2.00 bits per heavy atom. The van der Waals surface area contributed by atoms with Crippen LogP contribution in [0.25, 0.3) is 0 Å². The lowest BCUT2D eigenvalue weighted by Crippen LogP contribution is -2.37. The summed E-state index contributed by atoms with van der Waals surface area (Å²) in [5, 5.41) is 6.92. The molecule has 1 amide bonds. The molecule has 1 aromatic carbocycles. The molecule has 1 heterocycles. The van der Waals surface area contributed by atoms with Crippen LogP contribution in [-0.4, -0.2) is 19.0 Å². The number of halogens is 2. The lowest BCUT2D eigenvalue weighted by atomic mass is 9.97. The van der Waals surface area contributed by atoms with Crippen molar-refractivity contribution in [2.45, 2.75) is 19.4 Å². The highest BCUT2D eigenvalue weighted by Gasteiger charge is 2.20. The maximum atomic E-state index is 11.9. The number of hydrogen-bond acceptors (Lipinski definition) is 2. The SMILES string of the molecule is Cl.O=C(NCc1ccccc1Cl)C1CCNCC1. The summed E-state index contributed by atoms with van der Waals surface area (Å²) >= 11 is 6.03. The van der Waals surface area contributed by atoms with Crippen LogP contribution in [0.5, 0.6) is 0 Å². The van der Waals surface area contributed by atoms with Crippen molar-refractivity contribution < 1.29 is 4.79 Å². The Bertz CT molecular complexity index is 392. The van der Waals surface area contributed by atoms with Crippen LogP contribution in [0.1, 0.15) is 18.4 Å². The number of carbonyl (C=O) groups is 1. The van der Waals surface area contributed by atoms with E-state index in [9.17, 15) is 4.79 Å². The first-order valence-corrected chi connectivity index (χ1v) is 6.37. The molecule has 0 atom stereocenters. The van der Waals surface area contributed by atoms with Crippen molar-refractivity contribution in [1.82, 2.24) is 10.6 Å². The molecule has 0 aromatic heterocycles. The lowest BCUT2D eigenvalue weighted by Gasteiger charge is -2.21. The summed E-state index contributed by atoms with van der Waals surface area (Å²) in [5.41, 5.74) is 0.969. The quantitative estimate of drug-likeness (QED) is 0.897. The van der Waals surface area contributed by atoms with Gasteiger partial charge < -0.3 is 10.6 Å². The van der Waals surface area contributed by atoms with Crippen molar-refractivity contribution in [3.05, 3.63) is 34.9 Å². The molecule has 2 rings (SSSR count). The molecule has 1 aliphatic rings. The normalized spacial score (nSPS) is 15.8. The van der Waals surface area contributed by atoms with Crippen LogP contribution in [0, 0.1) is 5.92 Å². The van der Waals surface area contributed by atoms with Gasteiger partial charge in [0.05, 0.1) is 0 Å². The van der Waals surface area contributed by atoms with E-state index < -0.39 is 0 Å². The van der Waals surface area contributed by atoms with E-state index in [0.29, 0.717) is 11.6 Å². The van der Waals surface area contributed by atoms with E-state index in [2.05, 4.69) is 10.6 Å². The second kappa shape index (κ2) is 7.62. The third-order valence-electron chi connectivity index (χ3n) is 3.12. The first-order valence-electron chi connectivity index (χ1n) is 5.99. The molecule has 0 saturated carbocycles. The van der Waals surface area contributed by atoms with Gasteiger partial charge in [-0.1, -0.05) is 29.8 Å². The molecule has 1 aromatic rings. The van der Waals surface area contributed by atoms with E-state index in [1.165, 1.54) is 0 Å². The molecule has 1 aliphatic heterocycles. The zero-order chi connectivity index (χ0) is 12.1. The fourth-order valence-electron chi connectivity index (χ4n) is 2.05. The monoisotopic (exact) mass is 288 g/mol. The van der Waals surface area contributed by atoms with Crippen LogP contribution in [-0.2, 0) is 11.3 Å². The molecule has 18 heavy (non-hydrogen) atoms. The number of nitrogens with one attached hydrogen (secondary N) is 2. The van der Waals surface area contributed by atoms with E-state index in [1.807, 2.05) is 24.3 Å². The minimum Gasteiger partial charge on any atom is -0.352 e. The largest absolute Gasteiger partial charge is 0.352 e. The summed E-state index contributed by atoms with van der Waals surface area (Å²) in [6.45, 7) is 2.39. The maximum absolute atomic E-state index is 11.9. The molecular formula is C13H18Cl2N2O. The Kier molecular flexibility index (Phi) is 6.47. The van der Waals surface area contributed by atoms with Gasteiger partial charge in [0.25, 0.3) is 0 Å². The van der Waals surface area contributed by atoms with Crippen molar-refractivity contribution in [2.75, 3.05) is 13.1 Å². The van der Waals surface area contributed by atoms with Crippen molar-refractivity contribution in [3.63, 3.8) is 0 Å². The van der Waals surface area contributed by atoms with E-state index >= 15 is 0 Å². The molecule has 0 unspecified atom stereocenters. The van der Waals surface area contributed by atoms with Crippen LogP contribution in [0.15, 0.2) is 24.3 Å². The highest BCUT2D eigenvalue weighted by Crippen LogP contribution is 2.16. The molecule has 3 nitrogen and oxygen atoms in total. The van der Waals surface area contributed by atoms with Gasteiger partial charge in [-0.05, 0) is 37.6 Å². The first kappa shape index (κ1) is 15.3. The summed E-state index contributed by atoms with van der Waals surface area (Å²) in [6, 6.07) is 7.59. The third-order valence-corrected chi connectivity index (χ3v) is 3.49. The minimum atomic E-state index is 0. The van der Waals surface area contributed by atoms with Crippen LogP contribution in [0.4, 0.5) is 0 Å². The zero-order valence-electron chi connectivity index (χ0n) is 10.1. The van der Waals surface area contributed by atoms with Gasteiger partial charge in [-0.25, -0.2) is 0 Å². The van der Waals surface area contributed by atoms with E-state index in [-0.39, 0.29) is 24.2 Å². The summed E-state index contributed by atoms with van der Waals surface area (Å²) in [7, 11) is 0. The number of benzene rings is 1. The Hall–Kier alpha value is -0.770. The average Bonchev–Trinajstić information content (AvgIpc) is 2.38. The number of hydrogen-bond donors (Lipinski definition) is 2. The van der Waals surface area contributed by atoms with Crippen molar-refractivity contribution in [2.24, 2.45) is 5.92 Å². The van der Waals surface area contributed by atoms with Gasteiger partial charge in [-0.15, -0.1) is 12.4 Å². The van der Waals surface area contributed by atoms with Crippen molar-refractivity contribution >= 4 is 29.9 Å². The number of piperidine rings is 1. The summed E-state index contributed by atoms with van der Waals surface area (Å²) < 4.78 is 0. The van der Waals surface area contributed by atoms with Gasteiger partial charge in [0.15, 0.2) is 0 Å². The molecule has 0 bridgehead atoms. The van der Waals surface area contributed by atoms with Crippen LogP contribution >= 0.6 is 24.0 Å². The van der Waals surface area contributed by atoms with Gasteiger partial charge in [0, 0.05) is 17.5 Å². The van der Waals surface area contributed by atoms with Crippen LogP contribution in [0.3, 0.4) is 0 Å². The first-order chi connectivity index (χ1) is 8.27. The summed E-state index contributed by atoms with van der Waals surface area (Å²) in [6.07, 6.45) is 1.85. The summed E-state index contributed by atoms with van der Waals surface area (Å²) in [5.74, 6) is 0.296. The predicted octanol–water partition coefficient (Wildman–Crippen LogP) is 2.38. The van der Waals surface area contributed by atoms with Gasteiger partial charge in [0.2, 0.25) is 5.91 Å². The number of amides is 1. The standard InChI is InChI=1S/C13H17ClN2O.ClH/c14-12-4-2-1-3-11(12)9-16-13(17)10-5-7-15-8-6-10;/h1-4,10,15H,5-9H2,(H,16,17);1H. The minimum absolute atomic E-state index is 0. The molecule has 0 radical (unpaired) electrons. The molecule has 0 aliphatic carbocycles. The molecule has 1 saturated heterocycles. The van der Waals surface area contributed by atoms with Gasteiger partial charge in [-0.2, -0.15) is 0 Å². The van der Waals surface area contributed by atoms with Crippen LogP contribution in [0.2, 0.25) is 5.02 Å². The maximum Gasteiger partial charge on any atom is 0.223 e. The lowest BCUT2D eigenvalue weighted by molar-refractivity contribution is -0.125. The molecule has 0 spiro atoms. The fraction of sp³-hybridized carbons (Fsp3) is 0.462. The van der Waals surface area contributed by atoms with E-state index in [4.69, 9.17) is 11.6 Å². The highest BCUT2D eigenvalue weighted by atomic mass is 35.5. The third kappa shape index (κ3) is 4.16. The number of rotatable bonds is 3. The van der Waals surface area contributed by atoms with Crippen molar-refractivity contribution in [3.8, 4) is 0 Å². The van der Waals surface area contributed by atoms with Crippen LogP contribution < -0.4 is 10.6 Å². The Morgan fingerprint density at radius 1 is 1.33 bits per heavy atom.